The molecule has 0 radical (unpaired) electrons. The van der Waals surface area contributed by atoms with Crippen molar-refractivity contribution in [3.63, 3.8) is 0 Å². The van der Waals surface area contributed by atoms with Crippen LogP contribution in [0.3, 0.4) is 0 Å². The topological polar surface area (TPSA) is 38.8 Å². The second kappa shape index (κ2) is 4.86. The summed E-state index contributed by atoms with van der Waals surface area (Å²) >= 11 is 0. The third-order valence-electron chi connectivity index (χ3n) is 3.84. The first-order valence-electron chi connectivity index (χ1n) is 7.00. The van der Waals surface area contributed by atoms with Crippen molar-refractivity contribution in [3.05, 3.63) is 60.2 Å². The van der Waals surface area contributed by atoms with E-state index in [9.17, 15) is 4.79 Å². The number of esters is 1. The summed E-state index contributed by atoms with van der Waals surface area (Å²) in [6.45, 7) is 0.760. The van der Waals surface area contributed by atoms with Gasteiger partial charge in [0, 0.05) is 5.56 Å². The van der Waals surface area contributed by atoms with Crippen LogP contribution in [0.5, 0.6) is 0 Å². The number of fused-ring (bicyclic) bond motifs is 2. The number of epoxide rings is 1. The van der Waals surface area contributed by atoms with E-state index in [1.165, 1.54) is 0 Å². The molecule has 4 rings (SSSR count). The van der Waals surface area contributed by atoms with Gasteiger partial charge in [-0.15, -0.1) is 0 Å². The van der Waals surface area contributed by atoms with Crippen LogP contribution in [0, 0.1) is 0 Å². The number of ether oxygens (including phenoxy) is 2. The van der Waals surface area contributed by atoms with Gasteiger partial charge in [0.1, 0.15) is 6.61 Å². The van der Waals surface area contributed by atoms with Crippen LogP contribution in [0.15, 0.2) is 54.6 Å². The number of hydrogen-bond acceptors (Lipinski definition) is 3. The highest BCUT2D eigenvalue weighted by Crippen LogP contribution is 2.29. The molecule has 1 heterocycles. The second-order valence-corrected chi connectivity index (χ2v) is 5.23. The van der Waals surface area contributed by atoms with Crippen molar-refractivity contribution < 1.29 is 14.3 Å². The first-order chi connectivity index (χ1) is 10.3. The third kappa shape index (κ3) is 2.26. The van der Waals surface area contributed by atoms with Gasteiger partial charge in [0.25, 0.3) is 0 Å². The van der Waals surface area contributed by atoms with Gasteiger partial charge in [-0.3, -0.25) is 0 Å². The summed E-state index contributed by atoms with van der Waals surface area (Å²) in [6.07, 6.45) is -0.355. The zero-order valence-corrected chi connectivity index (χ0v) is 11.4. The minimum atomic E-state index is -0.355. The van der Waals surface area contributed by atoms with Gasteiger partial charge < -0.3 is 9.47 Å². The molecule has 0 saturated carbocycles. The van der Waals surface area contributed by atoms with Crippen LogP contribution in [0.4, 0.5) is 0 Å². The molecule has 0 aliphatic carbocycles. The lowest BCUT2D eigenvalue weighted by atomic mass is 9.97. The summed E-state index contributed by atoms with van der Waals surface area (Å²) < 4.78 is 10.4. The van der Waals surface area contributed by atoms with Crippen molar-refractivity contribution in [2.45, 2.75) is 12.7 Å². The predicted molar refractivity (Wildman–Crippen MR) is 81.0 cm³/mol. The first-order valence-corrected chi connectivity index (χ1v) is 7.00. The van der Waals surface area contributed by atoms with Gasteiger partial charge in [0.2, 0.25) is 0 Å². The number of rotatable bonds is 3. The third-order valence-corrected chi connectivity index (χ3v) is 3.84. The maximum Gasteiger partial charge on any atom is 0.338 e. The molecule has 0 N–H and O–H groups in total. The van der Waals surface area contributed by atoms with Crippen molar-refractivity contribution >= 4 is 27.5 Å². The molecule has 21 heavy (non-hydrogen) atoms. The molecule has 0 aromatic heterocycles. The van der Waals surface area contributed by atoms with Gasteiger partial charge in [0.15, 0.2) is 6.10 Å². The SMILES string of the molecule is O=C(OCc1c2ccccc2cc2ccccc12)C1CO1. The molecular formula is C18H14O3. The molecule has 1 fully saturated rings. The van der Waals surface area contributed by atoms with Crippen molar-refractivity contribution in [3.8, 4) is 0 Å². The molecule has 1 saturated heterocycles. The van der Waals surface area contributed by atoms with Crippen LogP contribution in [0.2, 0.25) is 0 Å². The number of carbonyl (C=O) groups is 1. The van der Waals surface area contributed by atoms with Crippen molar-refractivity contribution in [1.29, 1.82) is 0 Å². The Morgan fingerprint density at radius 3 is 2.19 bits per heavy atom. The van der Waals surface area contributed by atoms with E-state index in [4.69, 9.17) is 9.47 Å². The molecule has 3 aromatic rings. The number of carbonyl (C=O) groups excluding carboxylic acids is 1. The molecular weight excluding hydrogens is 264 g/mol. The highest BCUT2D eigenvalue weighted by Gasteiger charge is 2.33. The van der Waals surface area contributed by atoms with Crippen LogP contribution in [-0.4, -0.2) is 18.7 Å². The smallest absolute Gasteiger partial charge is 0.338 e. The lowest BCUT2D eigenvalue weighted by Gasteiger charge is -2.11. The van der Waals surface area contributed by atoms with Gasteiger partial charge in [-0.05, 0) is 27.6 Å². The van der Waals surface area contributed by atoms with Crippen LogP contribution in [0.25, 0.3) is 21.5 Å². The minimum Gasteiger partial charge on any atom is -0.459 e. The Hall–Kier alpha value is -2.39. The van der Waals surface area contributed by atoms with E-state index in [2.05, 4.69) is 30.3 Å². The van der Waals surface area contributed by atoms with Crippen LogP contribution < -0.4 is 0 Å². The molecule has 1 aliphatic heterocycles. The van der Waals surface area contributed by atoms with E-state index >= 15 is 0 Å². The summed E-state index contributed by atoms with van der Waals surface area (Å²) in [4.78, 5) is 11.7. The molecule has 1 aliphatic rings. The molecule has 1 unspecified atom stereocenters. The Labute approximate surface area is 122 Å². The molecule has 1 atom stereocenters. The van der Waals surface area contributed by atoms with E-state index in [0.717, 1.165) is 27.1 Å². The fourth-order valence-corrected chi connectivity index (χ4v) is 2.68. The fourth-order valence-electron chi connectivity index (χ4n) is 2.68. The Balaban J connectivity index is 1.83. The number of hydrogen-bond donors (Lipinski definition) is 0. The van der Waals surface area contributed by atoms with E-state index in [0.29, 0.717) is 6.61 Å². The lowest BCUT2D eigenvalue weighted by molar-refractivity contribution is -0.146. The molecule has 0 bridgehead atoms. The molecule has 3 aromatic carbocycles. The Kier molecular flexibility index (Phi) is 2.86. The van der Waals surface area contributed by atoms with Gasteiger partial charge >= 0.3 is 5.97 Å². The molecule has 3 heteroatoms. The summed E-state index contributed by atoms with van der Waals surface area (Å²) in [5.41, 5.74) is 1.05. The Morgan fingerprint density at radius 2 is 1.62 bits per heavy atom. The van der Waals surface area contributed by atoms with E-state index in [1.54, 1.807) is 0 Å². The van der Waals surface area contributed by atoms with Crippen LogP contribution >= 0.6 is 0 Å². The summed E-state index contributed by atoms with van der Waals surface area (Å²) in [7, 11) is 0. The molecule has 0 spiro atoms. The lowest BCUT2D eigenvalue weighted by Crippen LogP contribution is -2.11. The zero-order valence-electron chi connectivity index (χ0n) is 11.4. The maximum atomic E-state index is 11.7. The maximum absolute atomic E-state index is 11.7. The second-order valence-electron chi connectivity index (χ2n) is 5.23. The predicted octanol–water partition coefficient (Wildman–Crippen LogP) is 3.44. The first kappa shape index (κ1) is 12.4. The molecule has 0 amide bonds. The van der Waals surface area contributed by atoms with Crippen LogP contribution in [-0.2, 0) is 20.9 Å². The van der Waals surface area contributed by atoms with E-state index < -0.39 is 0 Å². The van der Waals surface area contributed by atoms with E-state index in [-0.39, 0.29) is 18.7 Å². The summed E-state index contributed by atoms with van der Waals surface area (Å²) in [5, 5.41) is 4.57. The number of benzene rings is 3. The average Bonchev–Trinajstić information content (AvgIpc) is 3.36. The van der Waals surface area contributed by atoms with Gasteiger partial charge in [-0.2, -0.15) is 0 Å². The minimum absolute atomic E-state index is 0.271. The van der Waals surface area contributed by atoms with Gasteiger partial charge in [-0.1, -0.05) is 48.5 Å². The fraction of sp³-hybridized carbons (Fsp3) is 0.167. The van der Waals surface area contributed by atoms with Gasteiger partial charge in [-0.25, -0.2) is 4.79 Å². The normalized spacial score (nSPS) is 17.0. The van der Waals surface area contributed by atoms with Crippen molar-refractivity contribution in [2.75, 3.05) is 6.61 Å². The highest BCUT2D eigenvalue weighted by atomic mass is 16.6. The summed E-state index contributed by atoms with van der Waals surface area (Å²) in [6, 6.07) is 18.5. The highest BCUT2D eigenvalue weighted by molar-refractivity contribution is 6.02. The Bertz CT molecular complexity index is 780. The van der Waals surface area contributed by atoms with Crippen LogP contribution in [0.1, 0.15) is 5.56 Å². The quantitative estimate of drug-likeness (QED) is 0.418. The molecule has 104 valence electrons. The van der Waals surface area contributed by atoms with Crippen molar-refractivity contribution in [2.24, 2.45) is 0 Å². The largest absolute Gasteiger partial charge is 0.459 e. The standard InChI is InChI=1S/C18H14O3/c19-18(17-11-20-17)21-10-16-14-7-3-1-5-12(14)9-13-6-2-4-8-15(13)16/h1-9,17H,10-11H2. The van der Waals surface area contributed by atoms with Gasteiger partial charge in [0.05, 0.1) is 6.61 Å². The van der Waals surface area contributed by atoms with Crippen molar-refractivity contribution in [1.82, 2.24) is 0 Å². The zero-order chi connectivity index (χ0) is 14.2. The average molecular weight is 278 g/mol. The summed E-state index contributed by atoms with van der Waals surface area (Å²) in [5.74, 6) is -0.271. The Morgan fingerprint density at radius 1 is 1.05 bits per heavy atom. The van der Waals surface area contributed by atoms with E-state index in [1.807, 2.05) is 24.3 Å². The monoisotopic (exact) mass is 278 g/mol. The molecule has 3 nitrogen and oxygen atoms in total.